The van der Waals surface area contributed by atoms with Crippen molar-refractivity contribution in [1.82, 2.24) is 5.32 Å². The average molecular weight is 289 g/mol. The summed E-state index contributed by atoms with van der Waals surface area (Å²) in [4.78, 5) is 0. The van der Waals surface area contributed by atoms with Crippen molar-refractivity contribution in [2.45, 2.75) is 18.4 Å². The second-order valence-corrected chi connectivity index (χ2v) is 5.40. The highest BCUT2D eigenvalue weighted by Crippen LogP contribution is 2.35. The molecule has 21 heavy (non-hydrogen) atoms. The molecule has 0 saturated carbocycles. The Hall–Kier alpha value is -1.78. The lowest BCUT2D eigenvalue weighted by molar-refractivity contribution is -0.0487. The highest BCUT2D eigenvalue weighted by Gasteiger charge is 2.31. The molecule has 3 rings (SSSR count). The van der Waals surface area contributed by atoms with Crippen LogP contribution in [-0.4, -0.2) is 24.2 Å². The van der Waals surface area contributed by atoms with Gasteiger partial charge in [-0.3, -0.25) is 0 Å². The summed E-state index contributed by atoms with van der Waals surface area (Å²) in [7, 11) is 0. The molecule has 0 fully saturated rings. The van der Waals surface area contributed by atoms with Gasteiger partial charge in [0, 0.05) is 0 Å². The Morgan fingerprint density at radius 3 is 2.05 bits per heavy atom. The number of nitrogens with one attached hydrogen (secondary N) is 1. The van der Waals surface area contributed by atoms with E-state index >= 15 is 0 Å². The molecule has 110 valence electrons. The Morgan fingerprint density at radius 1 is 1.00 bits per heavy atom. The number of aliphatic hydroxyl groups excluding tert-OH is 1. The topological polar surface area (TPSA) is 32.3 Å². The first-order valence-corrected chi connectivity index (χ1v) is 6.98. The number of aliphatic hydroxyl groups is 1. The molecule has 0 spiro atoms. The van der Waals surface area contributed by atoms with Gasteiger partial charge in [0.05, 0.1) is 12.6 Å². The first-order valence-electron chi connectivity index (χ1n) is 6.98. The van der Waals surface area contributed by atoms with E-state index in [2.05, 4.69) is 5.32 Å². The van der Waals surface area contributed by atoms with Crippen LogP contribution in [0.1, 0.15) is 28.3 Å². The van der Waals surface area contributed by atoms with Crippen LogP contribution in [0.3, 0.4) is 0 Å². The van der Waals surface area contributed by atoms with Crippen LogP contribution in [0.25, 0.3) is 0 Å². The third-order valence-corrected chi connectivity index (χ3v) is 3.91. The Kier molecular flexibility index (Phi) is 3.74. The summed E-state index contributed by atoms with van der Waals surface area (Å²) in [6.07, 6.45) is 0.820. The summed E-state index contributed by atoms with van der Waals surface area (Å²) in [5.74, 6) is -3.11. The molecule has 0 atom stereocenters. The lowest BCUT2D eigenvalue weighted by atomic mass is 9.82. The fraction of sp³-hybridized carbons (Fsp3) is 0.294. The maximum atomic E-state index is 13.3. The molecule has 0 radical (unpaired) electrons. The van der Waals surface area contributed by atoms with E-state index in [1.165, 1.54) is 0 Å². The molecular weight excluding hydrogens is 272 g/mol. The zero-order valence-corrected chi connectivity index (χ0v) is 11.5. The zero-order chi connectivity index (χ0) is 14.9. The highest BCUT2D eigenvalue weighted by molar-refractivity contribution is 5.48. The fourth-order valence-electron chi connectivity index (χ4n) is 2.85. The minimum atomic E-state index is -3.11. The molecule has 1 aliphatic carbocycles. The van der Waals surface area contributed by atoms with Crippen molar-refractivity contribution in [3.05, 3.63) is 70.8 Å². The third-order valence-electron chi connectivity index (χ3n) is 3.91. The van der Waals surface area contributed by atoms with Crippen LogP contribution >= 0.6 is 0 Å². The third kappa shape index (κ3) is 2.82. The first-order chi connectivity index (χ1) is 10.1. The van der Waals surface area contributed by atoms with Gasteiger partial charge in [-0.15, -0.1) is 0 Å². The number of fused-ring (bicyclic) bond motifs is 2. The van der Waals surface area contributed by atoms with Gasteiger partial charge in [-0.2, -0.15) is 0 Å². The Balaban J connectivity index is 1.95. The Labute approximate surface area is 122 Å². The van der Waals surface area contributed by atoms with Crippen molar-refractivity contribution in [3.8, 4) is 0 Å². The van der Waals surface area contributed by atoms with Gasteiger partial charge in [-0.25, -0.2) is 8.78 Å². The van der Waals surface area contributed by atoms with Gasteiger partial charge in [0.15, 0.2) is 0 Å². The summed E-state index contributed by atoms with van der Waals surface area (Å²) in [6.45, 7) is -1.69. The van der Waals surface area contributed by atoms with Gasteiger partial charge in [0.1, 0.15) is 6.61 Å². The quantitative estimate of drug-likeness (QED) is 0.907. The summed E-state index contributed by atoms with van der Waals surface area (Å²) >= 11 is 0. The molecular formula is C17H17F2NO. The largest absolute Gasteiger partial charge is 0.390 e. The van der Waals surface area contributed by atoms with Crippen LogP contribution in [-0.2, 0) is 6.42 Å². The minimum absolute atomic E-state index is 0.261. The molecule has 0 aliphatic heterocycles. The highest BCUT2D eigenvalue weighted by atomic mass is 19.3. The van der Waals surface area contributed by atoms with Crippen LogP contribution in [0.15, 0.2) is 48.5 Å². The normalized spacial score (nSPS) is 14.6. The van der Waals surface area contributed by atoms with Gasteiger partial charge in [-0.05, 0) is 28.7 Å². The van der Waals surface area contributed by atoms with Crippen LogP contribution in [0.4, 0.5) is 8.78 Å². The molecule has 2 aromatic rings. The number of hydrogen-bond donors (Lipinski definition) is 2. The van der Waals surface area contributed by atoms with E-state index in [9.17, 15) is 8.78 Å². The van der Waals surface area contributed by atoms with Crippen LogP contribution in [0, 0.1) is 0 Å². The molecule has 2 aromatic carbocycles. The van der Waals surface area contributed by atoms with Crippen molar-refractivity contribution >= 4 is 0 Å². The smallest absolute Gasteiger partial charge is 0.282 e. The predicted molar refractivity (Wildman–Crippen MR) is 77.6 cm³/mol. The molecule has 0 amide bonds. The lowest BCUT2D eigenvalue weighted by Crippen LogP contribution is -2.39. The maximum Gasteiger partial charge on any atom is 0.282 e. The molecule has 0 heterocycles. The lowest BCUT2D eigenvalue weighted by Gasteiger charge is -2.30. The number of benzene rings is 2. The van der Waals surface area contributed by atoms with E-state index in [4.69, 9.17) is 5.11 Å². The second-order valence-electron chi connectivity index (χ2n) is 5.40. The van der Waals surface area contributed by atoms with Crippen LogP contribution in [0.2, 0.25) is 0 Å². The first kappa shape index (κ1) is 14.2. The summed E-state index contributed by atoms with van der Waals surface area (Å²) in [5.41, 5.74) is 4.37. The van der Waals surface area contributed by atoms with E-state index in [1.807, 2.05) is 48.5 Å². The van der Waals surface area contributed by atoms with E-state index in [1.54, 1.807) is 0 Å². The van der Waals surface area contributed by atoms with E-state index < -0.39 is 19.1 Å². The van der Waals surface area contributed by atoms with Gasteiger partial charge in [0.2, 0.25) is 0 Å². The molecule has 0 aromatic heterocycles. The van der Waals surface area contributed by atoms with Crippen molar-refractivity contribution in [3.63, 3.8) is 0 Å². The summed E-state index contributed by atoms with van der Waals surface area (Å²) in [6, 6.07) is 15.5. The minimum Gasteiger partial charge on any atom is -0.390 e. The monoisotopic (exact) mass is 289 g/mol. The molecule has 2 nitrogen and oxygen atoms in total. The van der Waals surface area contributed by atoms with Crippen molar-refractivity contribution < 1.29 is 13.9 Å². The molecule has 4 heteroatoms. The number of hydrogen-bond acceptors (Lipinski definition) is 2. The van der Waals surface area contributed by atoms with Crippen LogP contribution < -0.4 is 5.32 Å². The number of rotatable bonds is 4. The van der Waals surface area contributed by atoms with Crippen molar-refractivity contribution in [2.24, 2.45) is 0 Å². The van der Waals surface area contributed by atoms with E-state index in [0.29, 0.717) is 0 Å². The molecule has 0 unspecified atom stereocenters. The van der Waals surface area contributed by atoms with Crippen LogP contribution in [0.5, 0.6) is 0 Å². The van der Waals surface area contributed by atoms with Crippen molar-refractivity contribution in [1.29, 1.82) is 0 Å². The maximum absolute atomic E-state index is 13.3. The second kappa shape index (κ2) is 5.54. The number of alkyl halides is 2. The Morgan fingerprint density at radius 2 is 1.52 bits per heavy atom. The van der Waals surface area contributed by atoms with E-state index in [0.717, 1.165) is 28.7 Å². The predicted octanol–water partition coefficient (Wildman–Crippen LogP) is 2.90. The summed E-state index contributed by atoms with van der Waals surface area (Å²) in [5, 5.41) is 11.6. The van der Waals surface area contributed by atoms with E-state index in [-0.39, 0.29) is 6.04 Å². The standard InChI is InChI=1S/C17H17F2NO/c18-17(19,11-21)10-20-16-14-7-3-1-5-12(14)9-13-6-2-4-8-15(13)16/h1-8,16,20-21H,9-11H2. The summed E-state index contributed by atoms with van der Waals surface area (Å²) < 4.78 is 26.7. The van der Waals surface area contributed by atoms with Crippen molar-refractivity contribution in [2.75, 3.05) is 13.2 Å². The van der Waals surface area contributed by atoms with Gasteiger partial charge < -0.3 is 10.4 Å². The zero-order valence-electron chi connectivity index (χ0n) is 11.5. The number of halogens is 2. The SMILES string of the molecule is OCC(F)(F)CNC1c2ccccc2Cc2ccccc21. The Bertz CT molecular complexity index is 597. The van der Waals surface area contributed by atoms with Gasteiger partial charge in [-0.1, -0.05) is 48.5 Å². The molecule has 0 bridgehead atoms. The molecule has 2 N–H and O–H groups in total. The molecule has 0 saturated heterocycles. The molecule has 1 aliphatic rings. The van der Waals surface area contributed by atoms with Gasteiger partial charge in [0.25, 0.3) is 5.92 Å². The van der Waals surface area contributed by atoms with Gasteiger partial charge >= 0.3 is 0 Å². The fourth-order valence-corrected chi connectivity index (χ4v) is 2.85. The average Bonchev–Trinajstić information content (AvgIpc) is 2.51.